The first kappa shape index (κ1) is 29.8. The van der Waals surface area contributed by atoms with E-state index >= 15 is 0 Å². The zero-order valence-electron chi connectivity index (χ0n) is 20.0. The summed E-state index contributed by atoms with van der Waals surface area (Å²) in [5, 5.41) is 10.6. The van der Waals surface area contributed by atoms with Gasteiger partial charge in [0.05, 0.1) is 34.2 Å². The third kappa shape index (κ3) is 8.12. The van der Waals surface area contributed by atoms with Gasteiger partial charge in [0, 0.05) is 5.69 Å². The fraction of sp³-hybridized carbons (Fsp3) is 0.136. The van der Waals surface area contributed by atoms with Gasteiger partial charge in [0.15, 0.2) is 9.84 Å². The van der Waals surface area contributed by atoms with Crippen LogP contribution in [-0.2, 0) is 34.5 Å². The lowest BCUT2D eigenvalue weighted by Gasteiger charge is -2.12. The van der Waals surface area contributed by atoms with Crippen LogP contribution in [-0.4, -0.2) is 52.6 Å². The maximum absolute atomic E-state index is 12.9. The first-order valence-electron chi connectivity index (χ1n) is 10.7. The Balaban J connectivity index is 1.85. The Hall–Kier alpha value is -3.74. The number of nitrogens with two attached hydrogens (primary N) is 1. The van der Waals surface area contributed by atoms with E-state index in [2.05, 4.69) is 19.7 Å². The van der Waals surface area contributed by atoms with Crippen molar-refractivity contribution in [3.8, 4) is 0 Å². The van der Waals surface area contributed by atoms with Crippen LogP contribution in [0.1, 0.15) is 15.9 Å². The molecule has 208 valence electrons. The highest BCUT2D eigenvalue weighted by Crippen LogP contribution is 2.32. The van der Waals surface area contributed by atoms with Gasteiger partial charge in [0.25, 0.3) is 16.0 Å². The quantitative estimate of drug-likeness (QED) is 0.150. The van der Waals surface area contributed by atoms with Gasteiger partial charge in [-0.1, -0.05) is 12.1 Å². The molecule has 39 heavy (non-hydrogen) atoms. The van der Waals surface area contributed by atoms with Gasteiger partial charge in [-0.05, 0) is 61.0 Å². The number of aryl methyl sites for hydroxylation is 1. The largest absolute Gasteiger partial charge is 0.398 e. The van der Waals surface area contributed by atoms with Crippen molar-refractivity contribution in [2.45, 2.75) is 16.7 Å². The van der Waals surface area contributed by atoms with Crippen LogP contribution in [0.3, 0.4) is 0 Å². The van der Waals surface area contributed by atoms with E-state index in [4.69, 9.17) is 10.3 Å². The van der Waals surface area contributed by atoms with Gasteiger partial charge in [0.2, 0.25) is 0 Å². The summed E-state index contributed by atoms with van der Waals surface area (Å²) in [6, 6.07) is 13.0. The van der Waals surface area contributed by atoms with Crippen molar-refractivity contribution in [3.63, 3.8) is 0 Å². The van der Waals surface area contributed by atoms with E-state index in [0.717, 1.165) is 6.07 Å². The molecule has 0 aliphatic heterocycles. The van der Waals surface area contributed by atoms with E-state index in [9.17, 15) is 34.6 Å². The summed E-state index contributed by atoms with van der Waals surface area (Å²) in [4.78, 5) is 12.1. The van der Waals surface area contributed by atoms with Crippen LogP contribution in [0.5, 0.6) is 0 Å². The van der Waals surface area contributed by atoms with Crippen LogP contribution in [0.25, 0.3) is 0 Å². The first-order valence-corrected chi connectivity index (χ1v) is 15.2. The second kappa shape index (κ2) is 11.6. The van der Waals surface area contributed by atoms with Gasteiger partial charge in [-0.2, -0.15) is 21.9 Å². The average molecular weight is 599 g/mol. The number of nitrogens with one attached hydrogen (secondary N) is 1. The molecule has 0 atom stereocenters. The highest BCUT2D eigenvalue weighted by Gasteiger charge is 2.21. The van der Waals surface area contributed by atoms with E-state index in [-0.39, 0.29) is 27.5 Å². The molecule has 0 fully saturated rings. The third-order valence-corrected chi connectivity index (χ3v) is 8.17. The van der Waals surface area contributed by atoms with Crippen LogP contribution in [0.15, 0.2) is 80.7 Å². The number of anilines is 2. The monoisotopic (exact) mass is 598 g/mol. The Bertz CT molecular complexity index is 1750. The molecular formula is C22H22N4O10S3. The molecule has 0 unspecified atom stereocenters. The molecule has 3 aromatic rings. The van der Waals surface area contributed by atoms with E-state index < -0.39 is 53.5 Å². The summed E-state index contributed by atoms with van der Waals surface area (Å²) < 4.78 is 91.1. The molecule has 0 bridgehead atoms. The number of nitrogen functional groups attached to an aromatic ring is 1. The highest BCUT2D eigenvalue weighted by molar-refractivity contribution is 7.91. The lowest BCUT2D eigenvalue weighted by molar-refractivity contribution is 0.102. The number of azo groups is 1. The first-order chi connectivity index (χ1) is 18.1. The molecule has 3 rings (SSSR count). The summed E-state index contributed by atoms with van der Waals surface area (Å²) in [5.41, 5.74) is 6.95. The number of carbonyl (C=O) groups is 1. The van der Waals surface area contributed by atoms with Crippen molar-refractivity contribution in [1.29, 1.82) is 0 Å². The van der Waals surface area contributed by atoms with Crippen molar-refractivity contribution < 1.29 is 43.3 Å². The summed E-state index contributed by atoms with van der Waals surface area (Å²) in [7, 11) is -13.4. The summed E-state index contributed by atoms with van der Waals surface area (Å²) >= 11 is 0. The molecule has 0 saturated heterocycles. The van der Waals surface area contributed by atoms with Gasteiger partial charge in [-0.25, -0.2) is 12.6 Å². The van der Waals surface area contributed by atoms with Gasteiger partial charge in [0.1, 0.15) is 10.6 Å². The number of carbonyl (C=O) groups excluding carboxylic acids is 1. The lowest BCUT2D eigenvalue weighted by Crippen LogP contribution is -2.16. The minimum atomic E-state index is -4.77. The zero-order chi connectivity index (χ0) is 29.0. The Morgan fingerprint density at radius 1 is 0.949 bits per heavy atom. The minimum absolute atomic E-state index is 0.0787. The summed E-state index contributed by atoms with van der Waals surface area (Å²) in [6.45, 7) is 0.904. The fourth-order valence-corrected chi connectivity index (χ4v) is 5.34. The number of hydrogen-bond acceptors (Lipinski definition) is 11. The number of nitrogens with zero attached hydrogens (tertiary/aromatic N) is 2. The zero-order valence-corrected chi connectivity index (χ0v) is 22.5. The van der Waals surface area contributed by atoms with Crippen LogP contribution < -0.4 is 11.1 Å². The van der Waals surface area contributed by atoms with Crippen molar-refractivity contribution in [3.05, 3.63) is 71.8 Å². The van der Waals surface area contributed by atoms with Crippen LogP contribution in [0.2, 0.25) is 0 Å². The molecule has 3 aromatic carbocycles. The second-order valence-electron chi connectivity index (χ2n) is 7.91. The molecule has 0 saturated carbocycles. The Labute approximate surface area is 224 Å². The van der Waals surface area contributed by atoms with Gasteiger partial charge >= 0.3 is 10.4 Å². The molecule has 17 heteroatoms. The normalized spacial score (nSPS) is 12.5. The molecule has 0 heterocycles. The Kier molecular flexibility index (Phi) is 8.84. The minimum Gasteiger partial charge on any atom is -0.398 e. The lowest BCUT2D eigenvalue weighted by atomic mass is 10.1. The Morgan fingerprint density at radius 2 is 1.59 bits per heavy atom. The van der Waals surface area contributed by atoms with Crippen LogP contribution in [0.4, 0.5) is 22.7 Å². The van der Waals surface area contributed by atoms with Crippen molar-refractivity contribution in [2.75, 3.05) is 23.4 Å². The molecule has 0 aliphatic rings. The molecule has 5 N–H and O–H groups in total. The molecule has 1 amide bonds. The average Bonchev–Trinajstić information content (AvgIpc) is 2.84. The second-order valence-corrected chi connectivity index (χ2v) is 12.5. The molecule has 0 radical (unpaired) electrons. The van der Waals surface area contributed by atoms with Crippen LogP contribution >= 0.6 is 0 Å². The van der Waals surface area contributed by atoms with E-state index in [1.807, 2.05) is 0 Å². The van der Waals surface area contributed by atoms with Gasteiger partial charge < -0.3 is 11.1 Å². The van der Waals surface area contributed by atoms with E-state index in [1.165, 1.54) is 54.6 Å². The SMILES string of the molecule is Cc1cc(N=Nc2ccc(S(=O)(=O)CCOS(=O)(=O)O)cc2)c(NC(=O)c2ccccc2S(=O)(=O)O)cc1N. The number of sulfone groups is 1. The number of hydrogen-bond donors (Lipinski definition) is 4. The predicted octanol–water partition coefficient (Wildman–Crippen LogP) is 3.08. The summed E-state index contributed by atoms with van der Waals surface area (Å²) in [5.74, 6) is -1.57. The van der Waals surface area contributed by atoms with Crippen LogP contribution in [0, 0.1) is 6.92 Å². The van der Waals surface area contributed by atoms with Crippen molar-refractivity contribution in [2.24, 2.45) is 10.2 Å². The summed E-state index contributed by atoms with van der Waals surface area (Å²) in [6.07, 6.45) is 0. The standard InChI is InChI=1S/C22H22N4O10S3/c1-14-12-20(19(13-18(14)23)24-22(27)17-4-2-3-5-21(17)38(30,31)32)26-25-15-6-8-16(9-7-15)37(28,29)11-10-36-39(33,34)35/h2-9,12-13H,10-11,23H2,1H3,(H,24,27)(H,30,31,32)(H,33,34,35). The predicted molar refractivity (Wildman–Crippen MR) is 140 cm³/mol. The van der Waals surface area contributed by atoms with Gasteiger partial charge in [-0.15, -0.1) is 5.11 Å². The number of benzene rings is 3. The van der Waals surface area contributed by atoms with Gasteiger partial charge in [-0.3, -0.25) is 13.9 Å². The van der Waals surface area contributed by atoms with E-state index in [0.29, 0.717) is 11.3 Å². The number of amides is 1. The molecule has 14 nitrogen and oxygen atoms in total. The number of rotatable bonds is 10. The maximum Gasteiger partial charge on any atom is 0.397 e. The molecule has 0 spiro atoms. The maximum atomic E-state index is 12.9. The van der Waals surface area contributed by atoms with E-state index in [1.54, 1.807) is 6.92 Å². The van der Waals surface area contributed by atoms with Crippen molar-refractivity contribution in [1.82, 2.24) is 0 Å². The molecular weight excluding hydrogens is 576 g/mol. The molecule has 0 aromatic heterocycles. The third-order valence-electron chi connectivity index (χ3n) is 5.10. The smallest absolute Gasteiger partial charge is 0.397 e. The Morgan fingerprint density at radius 3 is 2.21 bits per heavy atom. The van der Waals surface area contributed by atoms with Crippen molar-refractivity contribution >= 4 is 59.0 Å². The highest BCUT2D eigenvalue weighted by atomic mass is 32.3. The molecule has 0 aliphatic carbocycles. The topological polar surface area (TPSA) is 232 Å². The fourth-order valence-electron chi connectivity index (χ4n) is 3.16.